The van der Waals surface area contributed by atoms with E-state index in [1.54, 1.807) is 43.3 Å². The summed E-state index contributed by atoms with van der Waals surface area (Å²) in [6.07, 6.45) is 0.407. The van der Waals surface area contributed by atoms with Crippen LogP contribution < -0.4 is 15.4 Å². The zero-order chi connectivity index (χ0) is 18.9. The molecule has 0 aliphatic heterocycles. The van der Waals surface area contributed by atoms with E-state index in [1.807, 2.05) is 6.92 Å². The van der Waals surface area contributed by atoms with Crippen molar-refractivity contribution in [1.82, 2.24) is 5.32 Å². The van der Waals surface area contributed by atoms with E-state index in [9.17, 15) is 14.0 Å². The topological polar surface area (TPSA) is 67.4 Å². The Morgan fingerprint density at radius 1 is 1.15 bits per heavy atom. The van der Waals surface area contributed by atoms with Crippen LogP contribution in [-0.2, 0) is 16.0 Å². The molecule has 0 heterocycles. The Morgan fingerprint density at radius 2 is 1.88 bits per heavy atom. The van der Waals surface area contributed by atoms with Gasteiger partial charge in [-0.3, -0.25) is 9.59 Å². The standard InChI is InChI=1S/C20H23FN2O3/c1-3-26-18-9-7-17(8-10-18)23-19(24)13-22-20(25)14(2)11-15-5-4-6-16(21)12-15/h4-10,12,14H,3,11,13H2,1-2H3,(H,22,25)(H,23,24). The van der Waals surface area contributed by atoms with Crippen molar-refractivity contribution in [2.24, 2.45) is 5.92 Å². The Kier molecular flexibility index (Phi) is 7.14. The fourth-order valence-corrected chi connectivity index (χ4v) is 2.46. The monoisotopic (exact) mass is 358 g/mol. The summed E-state index contributed by atoms with van der Waals surface area (Å²) in [5.74, 6) is -0.540. The van der Waals surface area contributed by atoms with Crippen molar-refractivity contribution >= 4 is 17.5 Å². The van der Waals surface area contributed by atoms with Crippen LogP contribution in [0.15, 0.2) is 48.5 Å². The van der Waals surface area contributed by atoms with E-state index in [2.05, 4.69) is 10.6 Å². The minimum atomic E-state index is -0.366. The largest absolute Gasteiger partial charge is 0.494 e. The zero-order valence-corrected chi connectivity index (χ0v) is 14.9. The van der Waals surface area contributed by atoms with Crippen LogP contribution in [0.5, 0.6) is 5.75 Å². The summed E-state index contributed by atoms with van der Waals surface area (Å²) in [5.41, 5.74) is 1.37. The summed E-state index contributed by atoms with van der Waals surface area (Å²) in [7, 11) is 0. The van der Waals surface area contributed by atoms with Crippen molar-refractivity contribution in [3.05, 3.63) is 59.9 Å². The lowest BCUT2D eigenvalue weighted by atomic mass is 10.0. The van der Waals surface area contributed by atoms with Gasteiger partial charge in [-0.25, -0.2) is 4.39 Å². The van der Waals surface area contributed by atoms with Crippen molar-refractivity contribution in [2.45, 2.75) is 20.3 Å². The van der Waals surface area contributed by atoms with Gasteiger partial charge in [0.2, 0.25) is 11.8 Å². The van der Waals surface area contributed by atoms with E-state index in [-0.39, 0.29) is 30.1 Å². The summed E-state index contributed by atoms with van der Waals surface area (Å²) in [6.45, 7) is 4.09. The van der Waals surface area contributed by atoms with Gasteiger partial charge in [-0.1, -0.05) is 19.1 Å². The van der Waals surface area contributed by atoms with Crippen LogP contribution in [-0.4, -0.2) is 25.0 Å². The van der Waals surface area contributed by atoms with Crippen LogP contribution in [0.3, 0.4) is 0 Å². The Morgan fingerprint density at radius 3 is 2.54 bits per heavy atom. The predicted octanol–water partition coefficient (Wildman–Crippen LogP) is 3.16. The summed E-state index contributed by atoms with van der Waals surface area (Å²) in [5, 5.41) is 5.30. The number of rotatable bonds is 8. The predicted molar refractivity (Wildman–Crippen MR) is 98.5 cm³/mol. The number of hydrogen-bond acceptors (Lipinski definition) is 3. The zero-order valence-electron chi connectivity index (χ0n) is 14.9. The van der Waals surface area contributed by atoms with Crippen molar-refractivity contribution in [3.8, 4) is 5.75 Å². The maximum atomic E-state index is 13.2. The summed E-state index contributed by atoms with van der Waals surface area (Å²) in [6, 6.07) is 13.1. The maximum absolute atomic E-state index is 13.2. The number of ether oxygens (including phenoxy) is 1. The first-order valence-electron chi connectivity index (χ1n) is 8.52. The highest BCUT2D eigenvalue weighted by Crippen LogP contribution is 2.15. The SMILES string of the molecule is CCOc1ccc(NC(=O)CNC(=O)C(C)Cc2cccc(F)c2)cc1. The van der Waals surface area contributed by atoms with Gasteiger partial charge in [0.05, 0.1) is 13.2 Å². The third-order valence-electron chi connectivity index (χ3n) is 3.75. The van der Waals surface area contributed by atoms with E-state index < -0.39 is 0 Å². The van der Waals surface area contributed by atoms with Gasteiger partial charge in [0.25, 0.3) is 0 Å². The van der Waals surface area contributed by atoms with Gasteiger partial charge in [-0.05, 0) is 55.3 Å². The number of halogens is 1. The number of benzene rings is 2. The number of nitrogens with one attached hydrogen (secondary N) is 2. The van der Waals surface area contributed by atoms with E-state index in [0.717, 1.165) is 11.3 Å². The molecule has 5 nitrogen and oxygen atoms in total. The molecule has 26 heavy (non-hydrogen) atoms. The van der Waals surface area contributed by atoms with Gasteiger partial charge in [0.15, 0.2) is 0 Å². The molecule has 138 valence electrons. The van der Waals surface area contributed by atoms with Crippen LogP contribution >= 0.6 is 0 Å². The molecule has 2 aromatic carbocycles. The molecule has 1 unspecified atom stereocenters. The van der Waals surface area contributed by atoms with Crippen LogP contribution in [0.2, 0.25) is 0 Å². The first-order valence-corrected chi connectivity index (χ1v) is 8.52. The van der Waals surface area contributed by atoms with Crippen molar-refractivity contribution in [3.63, 3.8) is 0 Å². The molecule has 0 fully saturated rings. The quantitative estimate of drug-likeness (QED) is 0.762. The minimum absolute atomic E-state index is 0.125. The molecule has 2 rings (SSSR count). The van der Waals surface area contributed by atoms with Gasteiger partial charge in [0, 0.05) is 11.6 Å². The van der Waals surface area contributed by atoms with E-state index in [4.69, 9.17) is 4.74 Å². The van der Waals surface area contributed by atoms with Crippen LogP contribution in [0.4, 0.5) is 10.1 Å². The molecule has 2 N–H and O–H groups in total. The highest BCUT2D eigenvalue weighted by Gasteiger charge is 2.15. The molecule has 0 aliphatic carbocycles. The highest BCUT2D eigenvalue weighted by atomic mass is 19.1. The minimum Gasteiger partial charge on any atom is -0.494 e. The van der Waals surface area contributed by atoms with E-state index in [1.165, 1.54) is 12.1 Å². The lowest BCUT2D eigenvalue weighted by Crippen LogP contribution is -2.36. The lowest BCUT2D eigenvalue weighted by Gasteiger charge is -2.12. The number of amides is 2. The van der Waals surface area contributed by atoms with Crippen LogP contribution in [0.1, 0.15) is 19.4 Å². The molecule has 0 aliphatic rings. The van der Waals surface area contributed by atoms with Crippen molar-refractivity contribution in [1.29, 1.82) is 0 Å². The maximum Gasteiger partial charge on any atom is 0.243 e. The first kappa shape index (κ1) is 19.4. The van der Waals surface area contributed by atoms with E-state index in [0.29, 0.717) is 18.7 Å². The molecule has 1 atom stereocenters. The van der Waals surface area contributed by atoms with Gasteiger partial charge in [0.1, 0.15) is 11.6 Å². The second-order valence-electron chi connectivity index (χ2n) is 5.96. The van der Waals surface area contributed by atoms with Crippen LogP contribution in [0.25, 0.3) is 0 Å². The fraction of sp³-hybridized carbons (Fsp3) is 0.300. The van der Waals surface area contributed by atoms with Gasteiger partial charge < -0.3 is 15.4 Å². The van der Waals surface area contributed by atoms with Gasteiger partial charge in [-0.15, -0.1) is 0 Å². The normalized spacial score (nSPS) is 11.5. The average molecular weight is 358 g/mol. The summed E-state index contributed by atoms with van der Waals surface area (Å²) < 4.78 is 18.5. The Balaban J connectivity index is 1.77. The highest BCUT2D eigenvalue weighted by molar-refractivity contribution is 5.94. The Labute approximate surface area is 152 Å². The molecule has 6 heteroatoms. The molecule has 2 amide bonds. The third kappa shape index (κ3) is 6.20. The van der Waals surface area contributed by atoms with Crippen molar-refractivity contribution in [2.75, 3.05) is 18.5 Å². The Hall–Kier alpha value is -2.89. The number of hydrogen-bond donors (Lipinski definition) is 2. The number of carbonyl (C=O) groups is 2. The smallest absolute Gasteiger partial charge is 0.243 e. The first-order chi connectivity index (χ1) is 12.5. The number of anilines is 1. The molecule has 0 saturated carbocycles. The second kappa shape index (κ2) is 9.56. The molecule has 0 saturated heterocycles. The van der Waals surface area contributed by atoms with E-state index >= 15 is 0 Å². The summed E-state index contributed by atoms with van der Waals surface area (Å²) >= 11 is 0. The summed E-state index contributed by atoms with van der Waals surface area (Å²) in [4.78, 5) is 24.1. The molecule has 0 spiro atoms. The molecule has 0 aromatic heterocycles. The van der Waals surface area contributed by atoms with Gasteiger partial charge in [-0.2, -0.15) is 0 Å². The molecule has 0 radical (unpaired) electrons. The molecule has 0 bridgehead atoms. The average Bonchev–Trinajstić information content (AvgIpc) is 2.61. The Bertz CT molecular complexity index is 747. The fourth-order valence-electron chi connectivity index (χ4n) is 2.46. The van der Waals surface area contributed by atoms with Crippen molar-refractivity contribution < 1.29 is 18.7 Å². The second-order valence-corrected chi connectivity index (χ2v) is 5.96. The molecular weight excluding hydrogens is 335 g/mol. The molecular formula is C20H23FN2O3. The lowest BCUT2D eigenvalue weighted by molar-refractivity contribution is -0.126. The van der Waals surface area contributed by atoms with Gasteiger partial charge >= 0.3 is 0 Å². The number of carbonyl (C=O) groups excluding carboxylic acids is 2. The van der Waals surface area contributed by atoms with Crippen LogP contribution in [0, 0.1) is 11.7 Å². The third-order valence-corrected chi connectivity index (χ3v) is 3.75. The molecule has 2 aromatic rings.